The minimum atomic E-state index is -0.484. The van der Waals surface area contributed by atoms with Crippen LogP contribution in [0.3, 0.4) is 0 Å². The van der Waals surface area contributed by atoms with Crippen LogP contribution in [0.2, 0.25) is 0 Å². The number of hydrogen-bond donors (Lipinski definition) is 1. The van der Waals surface area contributed by atoms with Crippen molar-refractivity contribution >= 4 is 12.0 Å². The molecule has 0 atom stereocenters. The topological polar surface area (TPSA) is 78.3 Å². The molecule has 0 unspecified atom stereocenters. The van der Waals surface area contributed by atoms with Gasteiger partial charge in [0.15, 0.2) is 5.69 Å². The Hall–Kier alpha value is -1.52. The van der Waals surface area contributed by atoms with E-state index in [1.54, 1.807) is 0 Å². The molecule has 1 aliphatic rings. The lowest BCUT2D eigenvalue weighted by Gasteiger charge is -1.95. The van der Waals surface area contributed by atoms with E-state index in [-0.39, 0.29) is 11.7 Å². The molecular formula is C8H10N2O3. The second-order valence-electron chi connectivity index (χ2n) is 3.03. The van der Waals surface area contributed by atoms with Crippen LogP contribution in [-0.2, 0) is 4.74 Å². The highest BCUT2D eigenvalue weighted by Gasteiger charge is 2.33. The number of aromatic nitrogens is 1. The maximum atomic E-state index is 11.2. The Labute approximate surface area is 74.9 Å². The zero-order chi connectivity index (χ0) is 9.42. The summed E-state index contributed by atoms with van der Waals surface area (Å²) < 4.78 is 9.68. The molecular weight excluding hydrogens is 172 g/mol. The number of carbonyl (C=O) groups excluding carboxylic acids is 1. The Morgan fingerprint density at radius 2 is 2.38 bits per heavy atom. The molecule has 1 fully saturated rings. The minimum Gasteiger partial charge on any atom is -0.464 e. The SMILES string of the molecule is COC(=O)c1nc(N)oc1C1CC1. The highest BCUT2D eigenvalue weighted by atomic mass is 16.5. The Kier molecular flexibility index (Phi) is 1.72. The van der Waals surface area contributed by atoms with E-state index in [2.05, 4.69) is 9.72 Å². The summed E-state index contributed by atoms with van der Waals surface area (Å²) in [6.07, 6.45) is 2.05. The molecule has 5 nitrogen and oxygen atoms in total. The van der Waals surface area contributed by atoms with Gasteiger partial charge in [-0.05, 0) is 12.8 Å². The van der Waals surface area contributed by atoms with E-state index in [1.807, 2.05) is 0 Å². The molecule has 2 N–H and O–H groups in total. The smallest absolute Gasteiger partial charge is 0.360 e. The zero-order valence-corrected chi connectivity index (χ0v) is 7.24. The van der Waals surface area contributed by atoms with Gasteiger partial charge in [0.2, 0.25) is 0 Å². The summed E-state index contributed by atoms with van der Waals surface area (Å²) in [5.74, 6) is 0.394. The summed E-state index contributed by atoms with van der Waals surface area (Å²) in [6.45, 7) is 0. The van der Waals surface area contributed by atoms with Crippen molar-refractivity contribution < 1.29 is 13.9 Å². The fourth-order valence-corrected chi connectivity index (χ4v) is 1.21. The van der Waals surface area contributed by atoms with Gasteiger partial charge in [-0.25, -0.2) is 4.79 Å². The first-order valence-electron chi connectivity index (χ1n) is 4.07. The van der Waals surface area contributed by atoms with Gasteiger partial charge in [-0.15, -0.1) is 0 Å². The third kappa shape index (κ3) is 1.37. The molecule has 0 saturated heterocycles. The largest absolute Gasteiger partial charge is 0.464 e. The van der Waals surface area contributed by atoms with Crippen LogP contribution in [0, 0.1) is 0 Å². The van der Waals surface area contributed by atoms with Crippen molar-refractivity contribution in [2.45, 2.75) is 18.8 Å². The van der Waals surface area contributed by atoms with Crippen LogP contribution < -0.4 is 5.73 Å². The number of nitrogens with zero attached hydrogens (tertiary/aromatic N) is 1. The lowest BCUT2D eigenvalue weighted by molar-refractivity contribution is 0.0592. The van der Waals surface area contributed by atoms with Gasteiger partial charge in [0.05, 0.1) is 7.11 Å². The third-order valence-corrected chi connectivity index (χ3v) is 2.00. The van der Waals surface area contributed by atoms with Gasteiger partial charge in [-0.1, -0.05) is 0 Å². The van der Waals surface area contributed by atoms with E-state index in [1.165, 1.54) is 7.11 Å². The maximum absolute atomic E-state index is 11.2. The van der Waals surface area contributed by atoms with Crippen LogP contribution >= 0.6 is 0 Å². The van der Waals surface area contributed by atoms with Crippen LogP contribution in [0.15, 0.2) is 4.42 Å². The van der Waals surface area contributed by atoms with E-state index in [9.17, 15) is 4.79 Å². The summed E-state index contributed by atoms with van der Waals surface area (Å²) in [7, 11) is 1.31. The quantitative estimate of drug-likeness (QED) is 0.688. The number of nitrogens with two attached hydrogens (primary N) is 1. The number of esters is 1. The first kappa shape index (κ1) is 8.10. The number of carbonyl (C=O) groups is 1. The Morgan fingerprint density at radius 1 is 1.69 bits per heavy atom. The fourth-order valence-electron chi connectivity index (χ4n) is 1.21. The monoisotopic (exact) mass is 182 g/mol. The average molecular weight is 182 g/mol. The summed E-state index contributed by atoms with van der Waals surface area (Å²) in [5.41, 5.74) is 5.58. The number of nitrogen functional groups attached to an aromatic ring is 1. The van der Waals surface area contributed by atoms with Crippen LogP contribution in [0.25, 0.3) is 0 Å². The fraction of sp³-hybridized carbons (Fsp3) is 0.500. The summed E-state index contributed by atoms with van der Waals surface area (Å²) >= 11 is 0. The first-order valence-corrected chi connectivity index (χ1v) is 4.07. The highest BCUT2D eigenvalue weighted by Crippen LogP contribution is 2.42. The minimum absolute atomic E-state index is 0.0299. The van der Waals surface area contributed by atoms with Gasteiger partial charge in [0.25, 0.3) is 6.01 Å². The van der Waals surface area contributed by atoms with Crippen molar-refractivity contribution in [2.24, 2.45) is 0 Å². The van der Waals surface area contributed by atoms with Crippen molar-refractivity contribution in [2.75, 3.05) is 12.8 Å². The van der Waals surface area contributed by atoms with E-state index in [4.69, 9.17) is 10.2 Å². The van der Waals surface area contributed by atoms with Gasteiger partial charge in [-0.3, -0.25) is 0 Å². The third-order valence-electron chi connectivity index (χ3n) is 2.00. The number of oxazole rings is 1. The Bertz CT molecular complexity index is 341. The maximum Gasteiger partial charge on any atom is 0.360 e. The Balaban J connectivity index is 2.36. The Morgan fingerprint density at radius 3 is 2.92 bits per heavy atom. The number of anilines is 1. The van der Waals surface area contributed by atoms with Crippen molar-refractivity contribution in [1.29, 1.82) is 0 Å². The molecule has 1 saturated carbocycles. The number of methoxy groups -OCH3 is 1. The molecule has 0 aromatic carbocycles. The summed E-state index contributed by atoms with van der Waals surface area (Å²) in [6, 6.07) is 0.0299. The van der Waals surface area contributed by atoms with Gasteiger partial charge in [0, 0.05) is 5.92 Å². The highest BCUT2D eigenvalue weighted by molar-refractivity contribution is 5.88. The van der Waals surface area contributed by atoms with Crippen LogP contribution in [0.4, 0.5) is 6.01 Å². The lowest BCUT2D eigenvalue weighted by Crippen LogP contribution is -2.04. The van der Waals surface area contributed by atoms with Gasteiger partial charge >= 0.3 is 5.97 Å². The molecule has 0 radical (unpaired) electrons. The second kappa shape index (κ2) is 2.76. The summed E-state index contributed by atoms with van der Waals surface area (Å²) in [5, 5.41) is 0. The van der Waals surface area contributed by atoms with Gasteiger partial charge in [0.1, 0.15) is 5.76 Å². The van der Waals surface area contributed by atoms with Crippen LogP contribution in [0.1, 0.15) is 35.0 Å². The molecule has 1 aliphatic carbocycles. The normalized spacial score (nSPS) is 15.8. The van der Waals surface area contributed by atoms with Crippen molar-refractivity contribution in [1.82, 2.24) is 4.98 Å². The van der Waals surface area contributed by atoms with Crippen molar-refractivity contribution in [3.8, 4) is 0 Å². The summed E-state index contributed by atoms with van der Waals surface area (Å²) in [4.78, 5) is 15.0. The zero-order valence-electron chi connectivity index (χ0n) is 7.24. The van der Waals surface area contributed by atoms with E-state index >= 15 is 0 Å². The standard InChI is InChI=1S/C8H10N2O3/c1-12-7(11)5-6(4-2-3-4)13-8(9)10-5/h4H,2-3H2,1H3,(H2,9,10). The second-order valence-corrected chi connectivity index (χ2v) is 3.03. The predicted molar refractivity (Wildman–Crippen MR) is 44.2 cm³/mol. The van der Waals surface area contributed by atoms with Gasteiger partial charge < -0.3 is 14.9 Å². The molecule has 1 aromatic rings. The first-order chi connectivity index (χ1) is 6.22. The molecule has 5 heteroatoms. The molecule has 2 rings (SSSR count). The molecule has 0 spiro atoms. The van der Waals surface area contributed by atoms with E-state index < -0.39 is 5.97 Å². The molecule has 0 amide bonds. The van der Waals surface area contributed by atoms with E-state index in [0.717, 1.165) is 12.8 Å². The van der Waals surface area contributed by atoms with Crippen LogP contribution in [0.5, 0.6) is 0 Å². The predicted octanol–water partition coefficient (Wildman–Crippen LogP) is 0.921. The average Bonchev–Trinajstić information content (AvgIpc) is 2.89. The number of rotatable bonds is 2. The molecule has 1 heterocycles. The lowest BCUT2D eigenvalue weighted by atomic mass is 10.2. The van der Waals surface area contributed by atoms with Crippen LogP contribution in [-0.4, -0.2) is 18.1 Å². The molecule has 13 heavy (non-hydrogen) atoms. The molecule has 0 bridgehead atoms. The van der Waals surface area contributed by atoms with E-state index in [0.29, 0.717) is 11.7 Å². The molecule has 70 valence electrons. The van der Waals surface area contributed by atoms with Crippen molar-refractivity contribution in [3.63, 3.8) is 0 Å². The van der Waals surface area contributed by atoms with Crippen molar-refractivity contribution in [3.05, 3.63) is 11.5 Å². The number of ether oxygens (including phenoxy) is 1. The molecule has 1 aromatic heterocycles. The number of hydrogen-bond acceptors (Lipinski definition) is 5. The molecule has 0 aliphatic heterocycles. The van der Waals surface area contributed by atoms with Gasteiger partial charge in [-0.2, -0.15) is 4.98 Å².